The van der Waals surface area contributed by atoms with Crippen molar-refractivity contribution in [3.63, 3.8) is 0 Å². The van der Waals surface area contributed by atoms with Crippen molar-refractivity contribution in [1.82, 2.24) is 4.90 Å². The maximum absolute atomic E-state index is 12.4. The first-order valence-corrected chi connectivity index (χ1v) is 6.71. The summed E-state index contributed by atoms with van der Waals surface area (Å²) in [7, 11) is 0. The molecule has 16 heavy (non-hydrogen) atoms. The highest BCUT2D eigenvalue weighted by atomic mass is 16.1. The van der Waals surface area contributed by atoms with Gasteiger partial charge in [-0.25, -0.2) is 0 Å². The molecular formula is C14H25NO. The van der Waals surface area contributed by atoms with Crippen LogP contribution in [0.3, 0.4) is 0 Å². The maximum Gasteiger partial charge on any atom is 0.155 e. The van der Waals surface area contributed by atoms with Crippen LogP contribution in [-0.4, -0.2) is 29.3 Å². The molecule has 1 saturated carbocycles. The summed E-state index contributed by atoms with van der Waals surface area (Å²) < 4.78 is 0. The van der Waals surface area contributed by atoms with E-state index in [-0.39, 0.29) is 11.5 Å². The van der Waals surface area contributed by atoms with Crippen LogP contribution in [0.15, 0.2) is 0 Å². The molecule has 0 N–H and O–H groups in total. The third-order valence-electron chi connectivity index (χ3n) is 4.16. The molecule has 0 spiro atoms. The number of likely N-dealkylation sites (tertiary alicyclic amines) is 1. The molecule has 0 aromatic rings. The first-order chi connectivity index (χ1) is 7.41. The van der Waals surface area contributed by atoms with Crippen LogP contribution in [0.2, 0.25) is 0 Å². The molecule has 2 aliphatic rings. The van der Waals surface area contributed by atoms with Gasteiger partial charge < -0.3 is 0 Å². The SMILES string of the molecule is CC(C1CC1)N1CCC[C@H]1C(=O)C(C)(C)C. The van der Waals surface area contributed by atoms with E-state index in [9.17, 15) is 4.79 Å². The van der Waals surface area contributed by atoms with E-state index in [0.717, 1.165) is 18.9 Å². The lowest BCUT2D eigenvalue weighted by Gasteiger charge is -2.33. The van der Waals surface area contributed by atoms with Gasteiger partial charge in [0, 0.05) is 11.5 Å². The third-order valence-corrected chi connectivity index (χ3v) is 4.16. The van der Waals surface area contributed by atoms with Crippen LogP contribution in [0.1, 0.15) is 53.4 Å². The van der Waals surface area contributed by atoms with E-state index >= 15 is 0 Å². The van der Waals surface area contributed by atoms with Gasteiger partial charge >= 0.3 is 0 Å². The molecule has 1 saturated heterocycles. The molecular weight excluding hydrogens is 198 g/mol. The van der Waals surface area contributed by atoms with Crippen molar-refractivity contribution in [2.75, 3.05) is 6.54 Å². The Balaban J connectivity index is 2.05. The smallest absolute Gasteiger partial charge is 0.155 e. The van der Waals surface area contributed by atoms with E-state index in [2.05, 4.69) is 11.8 Å². The van der Waals surface area contributed by atoms with Gasteiger partial charge in [-0.2, -0.15) is 0 Å². The Morgan fingerprint density at radius 2 is 1.88 bits per heavy atom. The summed E-state index contributed by atoms with van der Waals surface area (Å²) in [6.07, 6.45) is 5.01. The molecule has 2 rings (SSSR count). The predicted molar refractivity (Wildman–Crippen MR) is 66.4 cm³/mol. The molecule has 0 aromatic heterocycles. The fourth-order valence-electron chi connectivity index (χ4n) is 2.91. The Morgan fingerprint density at radius 3 is 2.38 bits per heavy atom. The van der Waals surface area contributed by atoms with E-state index in [1.165, 1.54) is 19.3 Å². The predicted octanol–water partition coefficient (Wildman–Crippen LogP) is 2.86. The van der Waals surface area contributed by atoms with Gasteiger partial charge in [0.1, 0.15) is 0 Å². The third kappa shape index (κ3) is 2.32. The summed E-state index contributed by atoms with van der Waals surface area (Å²) in [6.45, 7) is 9.59. The van der Waals surface area contributed by atoms with Crippen LogP contribution in [0.5, 0.6) is 0 Å². The summed E-state index contributed by atoms with van der Waals surface area (Å²) in [5.41, 5.74) is -0.184. The Kier molecular flexibility index (Phi) is 3.13. The summed E-state index contributed by atoms with van der Waals surface area (Å²) >= 11 is 0. The normalized spacial score (nSPS) is 29.4. The number of carbonyl (C=O) groups excluding carboxylic acids is 1. The highest BCUT2D eigenvalue weighted by Crippen LogP contribution is 2.38. The minimum atomic E-state index is -0.184. The number of nitrogens with zero attached hydrogens (tertiary/aromatic N) is 1. The first kappa shape index (κ1) is 12.1. The molecule has 2 fully saturated rings. The molecule has 1 aliphatic heterocycles. The van der Waals surface area contributed by atoms with Crippen LogP contribution in [0, 0.1) is 11.3 Å². The average molecular weight is 223 g/mol. The van der Waals surface area contributed by atoms with E-state index in [1.807, 2.05) is 20.8 Å². The van der Waals surface area contributed by atoms with Crippen molar-refractivity contribution < 1.29 is 4.79 Å². The zero-order valence-corrected chi connectivity index (χ0v) is 11.1. The van der Waals surface area contributed by atoms with Crippen molar-refractivity contribution in [2.24, 2.45) is 11.3 Å². The van der Waals surface area contributed by atoms with Crippen molar-refractivity contribution in [3.8, 4) is 0 Å². The highest BCUT2D eigenvalue weighted by molar-refractivity contribution is 5.89. The largest absolute Gasteiger partial charge is 0.297 e. The first-order valence-electron chi connectivity index (χ1n) is 6.71. The lowest BCUT2D eigenvalue weighted by molar-refractivity contribution is -0.131. The number of Topliss-reactive ketones (excluding diaryl/α,β-unsaturated/α-hetero) is 1. The van der Waals surface area contributed by atoms with Crippen LogP contribution in [-0.2, 0) is 4.79 Å². The van der Waals surface area contributed by atoms with Gasteiger partial charge in [0.15, 0.2) is 5.78 Å². The molecule has 2 atom stereocenters. The quantitative estimate of drug-likeness (QED) is 0.733. The van der Waals surface area contributed by atoms with Crippen LogP contribution in [0.4, 0.5) is 0 Å². The summed E-state index contributed by atoms with van der Waals surface area (Å²) in [5.74, 6) is 1.31. The summed E-state index contributed by atoms with van der Waals surface area (Å²) in [5, 5.41) is 0. The Hall–Kier alpha value is -0.370. The van der Waals surface area contributed by atoms with Crippen molar-refractivity contribution in [1.29, 1.82) is 0 Å². The lowest BCUT2D eigenvalue weighted by Crippen LogP contribution is -2.46. The van der Waals surface area contributed by atoms with Crippen LogP contribution < -0.4 is 0 Å². The van der Waals surface area contributed by atoms with Gasteiger partial charge in [-0.05, 0) is 45.1 Å². The van der Waals surface area contributed by atoms with Gasteiger partial charge in [-0.3, -0.25) is 9.69 Å². The topological polar surface area (TPSA) is 20.3 Å². The zero-order valence-electron chi connectivity index (χ0n) is 11.1. The molecule has 2 nitrogen and oxygen atoms in total. The molecule has 0 aromatic carbocycles. The maximum atomic E-state index is 12.4. The van der Waals surface area contributed by atoms with Crippen molar-refractivity contribution in [3.05, 3.63) is 0 Å². The molecule has 2 heteroatoms. The summed E-state index contributed by atoms with van der Waals surface area (Å²) in [6, 6.07) is 0.828. The molecule has 0 bridgehead atoms. The van der Waals surface area contributed by atoms with Gasteiger partial charge in [0.2, 0.25) is 0 Å². The number of hydrogen-bond donors (Lipinski definition) is 0. The Morgan fingerprint density at radius 1 is 1.25 bits per heavy atom. The highest BCUT2D eigenvalue weighted by Gasteiger charge is 2.42. The van der Waals surface area contributed by atoms with E-state index in [1.54, 1.807) is 0 Å². The zero-order chi connectivity index (χ0) is 11.9. The minimum absolute atomic E-state index is 0.184. The molecule has 0 radical (unpaired) electrons. The number of ketones is 1. The second-order valence-corrected chi connectivity index (χ2v) is 6.59. The van der Waals surface area contributed by atoms with Gasteiger partial charge in [0.05, 0.1) is 6.04 Å². The molecule has 1 heterocycles. The number of rotatable bonds is 3. The monoisotopic (exact) mass is 223 g/mol. The van der Waals surface area contributed by atoms with Crippen molar-refractivity contribution >= 4 is 5.78 Å². The molecule has 1 aliphatic carbocycles. The standard InChI is InChI=1S/C14H25NO/c1-10(11-7-8-11)15-9-5-6-12(15)13(16)14(2,3)4/h10-12H,5-9H2,1-4H3/t10?,12-/m0/s1. The number of carbonyl (C=O) groups is 1. The second kappa shape index (κ2) is 4.14. The molecule has 0 amide bonds. The Bertz CT molecular complexity index is 275. The van der Waals surface area contributed by atoms with Gasteiger partial charge in [0.25, 0.3) is 0 Å². The average Bonchev–Trinajstić information content (AvgIpc) is 2.92. The molecule has 92 valence electrons. The summed E-state index contributed by atoms with van der Waals surface area (Å²) in [4.78, 5) is 14.9. The minimum Gasteiger partial charge on any atom is -0.297 e. The fraction of sp³-hybridized carbons (Fsp3) is 0.929. The number of hydrogen-bond acceptors (Lipinski definition) is 2. The second-order valence-electron chi connectivity index (χ2n) is 6.59. The van der Waals surface area contributed by atoms with E-state index in [4.69, 9.17) is 0 Å². The lowest BCUT2D eigenvalue weighted by atomic mass is 9.85. The van der Waals surface area contributed by atoms with E-state index < -0.39 is 0 Å². The van der Waals surface area contributed by atoms with Crippen LogP contribution >= 0.6 is 0 Å². The van der Waals surface area contributed by atoms with Gasteiger partial charge in [-0.15, -0.1) is 0 Å². The van der Waals surface area contributed by atoms with Crippen LogP contribution in [0.25, 0.3) is 0 Å². The van der Waals surface area contributed by atoms with E-state index in [0.29, 0.717) is 11.8 Å². The fourth-order valence-corrected chi connectivity index (χ4v) is 2.91. The van der Waals surface area contributed by atoms with Gasteiger partial charge in [-0.1, -0.05) is 20.8 Å². The Labute approximate surface area is 99.4 Å². The molecule has 1 unspecified atom stereocenters. The van der Waals surface area contributed by atoms with Crippen molar-refractivity contribution in [2.45, 2.75) is 65.5 Å².